The number of hydrogen-bond acceptors (Lipinski definition) is 2. The second kappa shape index (κ2) is 10.1. The van der Waals surface area contributed by atoms with Gasteiger partial charge >= 0.3 is 0 Å². The van der Waals surface area contributed by atoms with Gasteiger partial charge in [-0.1, -0.05) is 56.9 Å². The number of hydrogen-bond donors (Lipinski definition) is 1. The summed E-state index contributed by atoms with van der Waals surface area (Å²) in [6, 6.07) is 8.64. The summed E-state index contributed by atoms with van der Waals surface area (Å²) in [5.74, 6) is 0. The van der Waals surface area contributed by atoms with Gasteiger partial charge in [0.25, 0.3) is 0 Å². The number of nitrogens with one attached hydrogen (secondary N) is 1. The molecule has 2 nitrogen and oxygen atoms in total. The van der Waals surface area contributed by atoms with E-state index in [-0.39, 0.29) is 0 Å². The lowest BCUT2D eigenvalue weighted by atomic mass is 10.1. The highest BCUT2D eigenvalue weighted by Gasteiger charge is 1.95. The van der Waals surface area contributed by atoms with Gasteiger partial charge in [0.2, 0.25) is 0 Å². The van der Waals surface area contributed by atoms with Gasteiger partial charge in [0.05, 0.1) is 6.61 Å². The van der Waals surface area contributed by atoms with Gasteiger partial charge in [-0.05, 0) is 24.6 Å². The van der Waals surface area contributed by atoms with Crippen molar-refractivity contribution in [1.82, 2.24) is 5.32 Å². The lowest BCUT2D eigenvalue weighted by Crippen LogP contribution is -2.04. The summed E-state index contributed by atoms with van der Waals surface area (Å²) in [5, 5.41) is 3.15. The summed E-state index contributed by atoms with van der Waals surface area (Å²) in [5.41, 5.74) is 2.59. The topological polar surface area (TPSA) is 21.3 Å². The van der Waals surface area contributed by atoms with Gasteiger partial charge in [0, 0.05) is 13.2 Å². The van der Waals surface area contributed by atoms with Crippen molar-refractivity contribution < 1.29 is 4.74 Å². The predicted molar refractivity (Wildman–Crippen MR) is 77.6 cm³/mol. The Morgan fingerprint density at radius 1 is 0.944 bits per heavy atom. The Balaban J connectivity index is 2.08. The van der Waals surface area contributed by atoms with E-state index in [1.165, 1.54) is 43.2 Å². The Bertz CT molecular complexity index is 294. The van der Waals surface area contributed by atoms with Crippen molar-refractivity contribution in [3.63, 3.8) is 0 Å². The normalized spacial score (nSPS) is 10.8. The van der Waals surface area contributed by atoms with E-state index < -0.39 is 0 Å². The molecule has 0 radical (unpaired) electrons. The van der Waals surface area contributed by atoms with Crippen molar-refractivity contribution in [3.05, 3.63) is 35.4 Å². The largest absolute Gasteiger partial charge is 0.377 e. The van der Waals surface area contributed by atoms with E-state index in [4.69, 9.17) is 4.74 Å². The average Bonchev–Trinajstić information content (AvgIpc) is 2.40. The quantitative estimate of drug-likeness (QED) is 0.635. The van der Waals surface area contributed by atoms with Crippen LogP contribution in [0.25, 0.3) is 0 Å². The summed E-state index contributed by atoms with van der Waals surface area (Å²) in [7, 11) is 1.97. The fourth-order valence-corrected chi connectivity index (χ4v) is 1.96. The molecule has 0 saturated heterocycles. The molecule has 0 aliphatic heterocycles. The van der Waals surface area contributed by atoms with E-state index in [9.17, 15) is 0 Å². The average molecular weight is 249 g/mol. The zero-order valence-electron chi connectivity index (χ0n) is 11.9. The number of rotatable bonds is 10. The molecule has 1 aromatic rings. The maximum absolute atomic E-state index is 5.68. The monoisotopic (exact) mass is 249 g/mol. The molecule has 0 spiro atoms. The van der Waals surface area contributed by atoms with Gasteiger partial charge in [-0.3, -0.25) is 0 Å². The van der Waals surface area contributed by atoms with Crippen molar-refractivity contribution in [2.75, 3.05) is 13.7 Å². The standard InChI is InChI=1S/C16H27NO/c1-3-4-5-6-7-12-18-14-16-10-8-15(9-11-16)13-17-2/h8-11,17H,3-7,12-14H2,1-2H3. The van der Waals surface area contributed by atoms with Crippen LogP contribution in [0.1, 0.15) is 50.2 Å². The number of benzene rings is 1. The van der Waals surface area contributed by atoms with Gasteiger partial charge < -0.3 is 10.1 Å². The van der Waals surface area contributed by atoms with Crippen molar-refractivity contribution in [2.24, 2.45) is 0 Å². The predicted octanol–water partition coefficient (Wildman–Crippen LogP) is 3.89. The first-order valence-electron chi connectivity index (χ1n) is 7.17. The van der Waals surface area contributed by atoms with Crippen LogP contribution in [-0.4, -0.2) is 13.7 Å². The lowest BCUT2D eigenvalue weighted by molar-refractivity contribution is 0.116. The van der Waals surface area contributed by atoms with Crippen LogP contribution in [0.4, 0.5) is 0 Å². The van der Waals surface area contributed by atoms with Gasteiger partial charge in [-0.15, -0.1) is 0 Å². The fraction of sp³-hybridized carbons (Fsp3) is 0.625. The van der Waals surface area contributed by atoms with Crippen molar-refractivity contribution in [3.8, 4) is 0 Å². The molecule has 1 rings (SSSR count). The Labute approximate surface area is 112 Å². The SMILES string of the molecule is CCCCCCCOCc1ccc(CNC)cc1. The molecule has 0 aliphatic rings. The van der Waals surface area contributed by atoms with E-state index in [0.29, 0.717) is 0 Å². The Kier molecular flexibility index (Phi) is 8.53. The highest BCUT2D eigenvalue weighted by atomic mass is 16.5. The number of ether oxygens (including phenoxy) is 1. The first kappa shape index (κ1) is 15.2. The van der Waals surface area contributed by atoms with Gasteiger partial charge in [0.1, 0.15) is 0 Å². The zero-order chi connectivity index (χ0) is 13.1. The van der Waals surface area contributed by atoms with Crippen LogP contribution >= 0.6 is 0 Å². The second-order valence-corrected chi connectivity index (χ2v) is 4.81. The summed E-state index contributed by atoms with van der Waals surface area (Å²) in [6.45, 7) is 4.81. The Morgan fingerprint density at radius 2 is 1.61 bits per heavy atom. The molecule has 2 heteroatoms. The van der Waals surface area contributed by atoms with Crippen LogP contribution in [0, 0.1) is 0 Å². The van der Waals surface area contributed by atoms with Gasteiger partial charge in [0.15, 0.2) is 0 Å². The van der Waals surface area contributed by atoms with Crippen LogP contribution in [0.3, 0.4) is 0 Å². The molecule has 102 valence electrons. The minimum atomic E-state index is 0.744. The van der Waals surface area contributed by atoms with E-state index in [2.05, 4.69) is 36.5 Å². The maximum Gasteiger partial charge on any atom is 0.0716 e. The second-order valence-electron chi connectivity index (χ2n) is 4.81. The summed E-state index contributed by atoms with van der Waals surface area (Å²) in [4.78, 5) is 0. The van der Waals surface area contributed by atoms with Gasteiger partial charge in [-0.25, -0.2) is 0 Å². The van der Waals surface area contributed by atoms with Crippen molar-refractivity contribution >= 4 is 0 Å². The van der Waals surface area contributed by atoms with E-state index in [0.717, 1.165) is 19.8 Å². The molecule has 0 amide bonds. The van der Waals surface area contributed by atoms with Gasteiger partial charge in [-0.2, -0.15) is 0 Å². The summed E-state index contributed by atoms with van der Waals surface area (Å²) in [6.07, 6.45) is 6.50. The lowest BCUT2D eigenvalue weighted by Gasteiger charge is -2.06. The fourth-order valence-electron chi connectivity index (χ4n) is 1.96. The molecule has 0 aliphatic carbocycles. The van der Waals surface area contributed by atoms with E-state index >= 15 is 0 Å². The highest BCUT2D eigenvalue weighted by molar-refractivity contribution is 5.21. The van der Waals surface area contributed by atoms with Crippen LogP contribution in [0.15, 0.2) is 24.3 Å². The van der Waals surface area contributed by atoms with Crippen LogP contribution < -0.4 is 5.32 Å². The van der Waals surface area contributed by atoms with Crippen molar-refractivity contribution in [2.45, 2.75) is 52.2 Å². The van der Waals surface area contributed by atoms with Crippen LogP contribution in [-0.2, 0) is 17.9 Å². The Morgan fingerprint density at radius 3 is 2.28 bits per heavy atom. The highest BCUT2D eigenvalue weighted by Crippen LogP contribution is 2.07. The third-order valence-electron chi connectivity index (χ3n) is 3.06. The third-order valence-corrected chi connectivity index (χ3v) is 3.06. The molecule has 0 saturated carbocycles. The smallest absolute Gasteiger partial charge is 0.0716 e. The molecule has 1 N–H and O–H groups in total. The maximum atomic E-state index is 5.68. The van der Waals surface area contributed by atoms with E-state index in [1.54, 1.807) is 0 Å². The summed E-state index contributed by atoms with van der Waals surface area (Å²) >= 11 is 0. The zero-order valence-corrected chi connectivity index (χ0v) is 11.9. The minimum Gasteiger partial charge on any atom is -0.377 e. The molecule has 18 heavy (non-hydrogen) atoms. The molecule has 0 atom stereocenters. The first-order chi connectivity index (χ1) is 8.86. The molecule has 0 unspecified atom stereocenters. The first-order valence-corrected chi connectivity index (χ1v) is 7.17. The summed E-state index contributed by atoms with van der Waals surface area (Å²) < 4.78 is 5.68. The molecule has 0 fully saturated rings. The molecule has 0 heterocycles. The Hall–Kier alpha value is -0.860. The molecular formula is C16H27NO. The molecular weight excluding hydrogens is 222 g/mol. The molecule has 0 aromatic heterocycles. The van der Waals surface area contributed by atoms with Crippen molar-refractivity contribution in [1.29, 1.82) is 0 Å². The van der Waals surface area contributed by atoms with Crippen LogP contribution in [0.5, 0.6) is 0 Å². The third kappa shape index (κ3) is 6.77. The van der Waals surface area contributed by atoms with Crippen LogP contribution in [0.2, 0.25) is 0 Å². The van der Waals surface area contributed by atoms with E-state index in [1.807, 2.05) is 7.05 Å². The minimum absolute atomic E-state index is 0.744. The molecule has 0 bridgehead atoms. The molecule has 1 aromatic carbocycles. The number of unbranched alkanes of at least 4 members (excludes halogenated alkanes) is 4.